The molecule has 0 N–H and O–H groups in total. The van der Waals surface area contributed by atoms with Crippen molar-refractivity contribution in [2.75, 3.05) is 27.2 Å². The van der Waals surface area contributed by atoms with Gasteiger partial charge < -0.3 is 9.80 Å². The summed E-state index contributed by atoms with van der Waals surface area (Å²) in [7, 11) is 4.16. The summed E-state index contributed by atoms with van der Waals surface area (Å²) in [6.07, 6.45) is 2.20. The van der Waals surface area contributed by atoms with E-state index in [-0.39, 0.29) is 5.91 Å². The molecule has 3 rings (SSSR count). The fourth-order valence-electron chi connectivity index (χ4n) is 3.33. The normalized spacial score (nSPS) is 17.8. The van der Waals surface area contributed by atoms with Crippen molar-refractivity contribution in [2.45, 2.75) is 25.8 Å². The zero-order chi connectivity index (χ0) is 18.0. The average molecular weight is 402 g/mol. The Morgan fingerprint density at radius 3 is 2.76 bits per heavy atom. The van der Waals surface area contributed by atoms with E-state index in [2.05, 4.69) is 39.9 Å². The Morgan fingerprint density at radius 2 is 2.08 bits per heavy atom. The molecule has 0 bridgehead atoms. The standard InChI is InChI=1S/C20H24BrN3O/c1-14-18(20(25)24-11-5-8-17(13-24)23(2)3)9-10-19(22-14)15-6-4-7-16(21)12-15/h4,6-7,9-10,12,17H,5,8,11,13H2,1-3H3. The Bertz CT molecular complexity index is 775. The third-order valence-electron chi connectivity index (χ3n) is 4.85. The number of nitrogens with zero attached hydrogens (tertiary/aromatic N) is 3. The van der Waals surface area contributed by atoms with Crippen molar-refractivity contribution in [2.24, 2.45) is 0 Å². The Labute approximate surface area is 158 Å². The first-order valence-corrected chi connectivity index (χ1v) is 9.44. The van der Waals surface area contributed by atoms with E-state index in [0.29, 0.717) is 11.6 Å². The van der Waals surface area contributed by atoms with Gasteiger partial charge in [-0.3, -0.25) is 9.78 Å². The molecular weight excluding hydrogens is 378 g/mol. The zero-order valence-electron chi connectivity index (χ0n) is 15.0. The fraction of sp³-hybridized carbons (Fsp3) is 0.400. The number of aryl methyl sites for hydroxylation is 1. The van der Waals surface area contributed by atoms with Gasteiger partial charge >= 0.3 is 0 Å². The molecule has 0 aliphatic carbocycles. The van der Waals surface area contributed by atoms with Gasteiger partial charge in [-0.1, -0.05) is 28.1 Å². The lowest BCUT2D eigenvalue weighted by molar-refractivity contribution is 0.0634. The van der Waals surface area contributed by atoms with Crippen LogP contribution < -0.4 is 0 Å². The number of piperidine rings is 1. The van der Waals surface area contributed by atoms with Crippen molar-refractivity contribution >= 4 is 21.8 Å². The van der Waals surface area contributed by atoms with Crippen molar-refractivity contribution in [3.8, 4) is 11.3 Å². The topological polar surface area (TPSA) is 36.4 Å². The van der Waals surface area contributed by atoms with Crippen LogP contribution in [-0.2, 0) is 0 Å². The number of likely N-dealkylation sites (tertiary alicyclic amines) is 1. The molecule has 5 heteroatoms. The Hall–Kier alpha value is -1.72. The van der Waals surface area contributed by atoms with E-state index >= 15 is 0 Å². The first-order valence-electron chi connectivity index (χ1n) is 8.65. The van der Waals surface area contributed by atoms with Gasteiger partial charge in [-0.15, -0.1) is 0 Å². The maximum absolute atomic E-state index is 13.0. The minimum atomic E-state index is 0.0948. The largest absolute Gasteiger partial charge is 0.337 e. The van der Waals surface area contributed by atoms with Gasteiger partial charge in [0.15, 0.2) is 0 Å². The quantitative estimate of drug-likeness (QED) is 0.779. The Kier molecular flexibility index (Phi) is 5.54. The van der Waals surface area contributed by atoms with Gasteiger partial charge in [0.1, 0.15) is 0 Å². The third-order valence-corrected chi connectivity index (χ3v) is 5.34. The van der Waals surface area contributed by atoms with Crippen LogP contribution in [0.2, 0.25) is 0 Å². The number of carbonyl (C=O) groups excluding carboxylic acids is 1. The molecule has 1 aliphatic heterocycles. The summed E-state index contributed by atoms with van der Waals surface area (Å²) in [5, 5.41) is 0. The molecule has 1 aromatic heterocycles. The van der Waals surface area contributed by atoms with Gasteiger partial charge in [-0.25, -0.2) is 0 Å². The average Bonchev–Trinajstić information content (AvgIpc) is 2.61. The third kappa shape index (κ3) is 4.10. The maximum Gasteiger partial charge on any atom is 0.255 e. The number of halogens is 1. The van der Waals surface area contributed by atoms with Crippen molar-refractivity contribution in [3.63, 3.8) is 0 Å². The highest BCUT2D eigenvalue weighted by molar-refractivity contribution is 9.10. The Morgan fingerprint density at radius 1 is 1.28 bits per heavy atom. The van der Waals surface area contributed by atoms with Crippen LogP contribution in [0, 0.1) is 6.92 Å². The molecule has 25 heavy (non-hydrogen) atoms. The maximum atomic E-state index is 13.0. The number of hydrogen-bond donors (Lipinski definition) is 0. The zero-order valence-corrected chi connectivity index (χ0v) is 16.6. The lowest BCUT2D eigenvalue weighted by atomic mass is 10.0. The number of benzene rings is 1. The second-order valence-electron chi connectivity index (χ2n) is 6.85. The number of hydrogen-bond acceptors (Lipinski definition) is 3. The van der Waals surface area contributed by atoms with Gasteiger partial charge in [0.2, 0.25) is 0 Å². The Balaban J connectivity index is 1.82. The lowest BCUT2D eigenvalue weighted by Crippen LogP contribution is -2.47. The van der Waals surface area contributed by atoms with Crippen LogP contribution in [0.5, 0.6) is 0 Å². The predicted molar refractivity (Wildman–Crippen MR) is 105 cm³/mol. The van der Waals surface area contributed by atoms with Crippen LogP contribution in [0.3, 0.4) is 0 Å². The SMILES string of the molecule is Cc1nc(-c2cccc(Br)c2)ccc1C(=O)N1CCCC(N(C)C)C1. The van der Waals surface area contributed by atoms with Crippen LogP contribution in [0.25, 0.3) is 11.3 Å². The number of pyridine rings is 1. The van der Waals surface area contributed by atoms with Crippen molar-refractivity contribution in [3.05, 3.63) is 52.1 Å². The van der Waals surface area contributed by atoms with Gasteiger partial charge in [0.05, 0.1) is 17.0 Å². The summed E-state index contributed by atoms with van der Waals surface area (Å²) < 4.78 is 1.02. The molecule has 0 radical (unpaired) electrons. The van der Waals surface area contributed by atoms with Gasteiger partial charge in [0.25, 0.3) is 5.91 Å². The van der Waals surface area contributed by atoms with Gasteiger partial charge in [-0.05, 0) is 58.1 Å². The molecule has 0 saturated carbocycles. The summed E-state index contributed by atoms with van der Waals surface area (Å²) >= 11 is 3.49. The van der Waals surface area contributed by atoms with Gasteiger partial charge in [-0.2, -0.15) is 0 Å². The highest BCUT2D eigenvalue weighted by Crippen LogP contribution is 2.24. The number of aromatic nitrogens is 1. The molecule has 0 spiro atoms. The molecule has 1 aromatic carbocycles. The molecule has 1 fully saturated rings. The lowest BCUT2D eigenvalue weighted by Gasteiger charge is -2.36. The highest BCUT2D eigenvalue weighted by atomic mass is 79.9. The molecule has 2 aromatic rings. The minimum Gasteiger partial charge on any atom is -0.337 e. The van der Waals surface area contributed by atoms with Crippen molar-refractivity contribution < 1.29 is 4.79 Å². The fourth-order valence-corrected chi connectivity index (χ4v) is 3.73. The van der Waals surface area contributed by atoms with Crippen molar-refractivity contribution in [1.82, 2.24) is 14.8 Å². The minimum absolute atomic E-state index is 0.0948. The molecule has 4 nitrogen and oxygen atoms in total. The molecule has 2 heterocycles. The van der Waals surface area contributed by atoms with E-state index in [1.807, 2.05) is 48.2 Å². The van der Waals surface area contributed by atoms with Gasteiger partial charge in [0, 0.05) is 29.2 Å². The summed E-state index contributed by atoms with van der Waals surface area (Å²) in [5.41, 5.74) is 3.43. The molecule has 1 saturated heterocycles. The predicted octanol–water partition coefficient (Wildman–Crippen LogP) is 3.99. The number of carbonyl (C=O) groups is 1. The van der Waals surface area contributed by atoms with E-state index in [1.54, 1.807) is 0 Å². The summed E-state index contributed by atoms with van der Waals surface area (Å²) in [4.78, 5) is 21.8. The van der Waals surface area contributed by atoms with E-state index in [1.165, 1.54) is 0 Å². The van der Waals surface area contributed by atoms with Crippen LogP contribution in [-0.4, -0.2) is 53.9 Å². The molecule has 1 atom stereocenters. The van der Waals surface area contributed by atoms with E-state index in [9.17, 15) is 4.79 Å². The highest BCUT2D eigenvalue weighted by Gasteiger charge is 2.26. The smallest absolute Gasteiger partial charge is 0.255 e. The van der Waals surface area contributed by atoms with E-state index in [4.69, 9.17) is 0 Å². The number of rotatable bonds is 3. The van der Waals surface area contributed by atoms with E-state index in [0.717, 1.165) is 47.4 Å². The molecule has 1 unspecified atom stereocenters. The number of amides is 1. The monoisotopic (exact) mass is 401 g/mol. The van der Waals surface area contributed by atoms with Crippen LogP contribution in [0.15, 0.2) is 40.9 Å². The number of likely N-dealkylation sites (N-methyl/N-ethyl adjacent to an activating group) is 1. The summed E-state index contributed by atoms with van der Waals surface area (Å²) in [6, 6.07) is 12.3. The second kappa shape index (κ2) is 7.67. The molecule has 1 aliphatic rings. The summed E-state index contributed by atoms with van der Waals surface area (Å²) in [6.45, 7) is 3.54. The van der Waals surface area contributed by atoms with E-state index < -0.39 is 0 Å². The first-order chi connectivity index (χ1) is 12.0. The summed E-state index contributed by atoms with van der Waals surface area (Å²) in [5.74, 6) is 0.0948. The van der Waals surface area contributed by atoms with Crippen LogP contribution in [0.4, 0.5) is 0 Å². The molecule has 132 valence electrons. The van der Waals surface area contributed by atoms with Crippen LogP contribution >= 0.6 is 15.9 Å². The van der Waals surface area contributed by atoms with Crippen LogP contribution in [0.1, 0.15) is 28.9 Å². The first kappa shape index (κ1) is 18.1. The van der Waals surface area contributed by atoms with Crippen molar-refractivity contribution in [1.29, 1.82) is 0 Å². The molecular formula is C20H24BrN3O. The molecule has 1 amide bonds. The second-order valence-corrected chi connectivity index (χ2v) is 7.77.